The van der Waals surface area contributed by atoms with Crippen molar-refractivity contribution in [3.63, 3.8) is 0 Å². The molecule has 3 N–H and O–H groups in total. The minimum Gasteiger partial charge on any atom is -0.395 e. The molecule has 0 spiro atoms. The molecule has 3 nitrogen and oxygen atoms in total. The zero-order valence-corrected chi connectivity index (χ0v) is 10.3. The molecule has 96 valence electrons. The molecule has 1 atom stereocenters. The van der Waals surface area contributed by atoms with Gasteiger partial charge in [0.1, 0.15) is 5.82 Å². The van der Waals surface area contributed by atoms with Crippen molar-refractivity contribution in [1.29, 1.82) is 0 Å². The van der Waals surface area contributed by atoms with Crippen LogP contribution in [0.2, 0.25) is 0 Å². The van der Waals surface area contributed by atoms with E-state index in [2.05, 4.69) is 11.8 Å². The van der Waals surface area contributed by atoms with Gasteiger partial charge in [-0.05, 0) is 30.7 Å². The number of rotatable bonds is 7. The number of aliphatic hydroxyl groups excluding tert-OH is 1. The van der Waals surface area contributed by atoms with E-state index >= 15 is 0 Å². The lowest BCUT2D eigenvalue weighted by molar-refractivity contribution is 0.153. The molecular weight excluding hydrogens is 219 g/mol. The second-order valence-corrected chi connectivity index (χ2v) is 4.07. The smallest absolute Gasteiger partial charge is 0.123 e. The summed E-state index contributed by atoms with van der Waals surface area (Å²) in [5, 5.41) is 9.05. The number of nitrogens with zero attached hydrogens (tertiary/aromatic N) is 1. The summed E-state index contributed by atoms with van der Waals surface area (Å²) in [7, 11) is 0. The minimum atomic E-state index is -0.249. The standard InChI is InChI=1S/C13H21FN2O/c1-2-6-16(7-8-17)13(10-15)11-4-3-5-12(14)9-11/h3-5,9,13,17H,2,6-8,10,15H2,1H3. The molecule has 1 aromatic carbocycles. The first-order valence-electron chi connectivity index (χ1n) is 6.03. The summed E-state index contributed by atoms with van der Waals surface area (Å²) in [6, 6.07) is 6.47. The molecule has 0 aromatic heterocycles. The Bertz CT molecular complexity index is 327. The molecule has 0 saturated carbocycles. The zero-order chi connectivity index (χ0) is 12.7. The third kappa shape index (κ3) is 4.07. The summed E-state index contributed by atoms with van der Waals surface area (Å²) in [6.07, 6.45) is 0.978. The van der Waals surface area contributed by atoms with Crippen molar-refractivity contribution in [2.45, 2.75) is 19.4 Å². The molecule has 0 fully saturated rings. The Kier molecular flexibility index (Phi) is 6.11. The molecule has 17 heavy (non-hydrogen) atoms. The number of hydrogen-bond donors (Lipinski definition) is 2. The first kappa shape index (κ1) is 14.1. The monoisotopic (exact) mass is 240 g/mol. The summed E-state index contributed by atoms with van der Waals surface area (Å²) in [5.74, 6) is -0.249. The van der Waals surface area contributed by atoms with Gasteiger partial charge in [0.15, 0.2) is 0 Å². The van der Waals surface area contributed by atoms with Gasteiger partial charge in [0.2, 0.25) is 0 Å². The van der Waals surface area contributed by atoms with Crippen LogP contribution in [0.15, 0.2) is 24.3 Å². The second kappa shape index (κ2) is 7.37. The van der Waals surface area contributed by atoms with Gasteiger partial charge < -0.3 is 10.8 Å². The number of hydrogen-bond acceptors (Lipinski definition) is 3. The fraction of sp³-hybridized carbons (Fsp3) is 0.538. The highest BCUT2D eigenvalue weighted by molar-refractivity contribution is 5.20. The van der Waals surface area contributed by atoms with E-state index in [1.807, 2.05) is 6.07 Å². The predicted molar refractivity (Wildman–Crippen MR) is 67.1 cm³/mol. The van der Waals surface area contributed by atoms with Gasteiger partial charge in [-0.15, -0.1) is 0 Å². The third-order valence-corrected chi connectivity index (χ3v) is 2.80. The number of benzene rings is 1. The van der Waals surface area contributed by atoms with Crippen LogP contribution < -0.4 is 5.73 Å². The molecule has 0 saturated heterocycles. The Balaban J connectivity index is 2.87. The SMILES string of the molecule is CCCN(CCO)C(CN)c1cccc(F)c1. The Morgan fingerprint density at radius 3 is 2.71 bits per heavy atom. The van der Waals surface area contributed by atoms with Gasteiger partial charge in [0.05, 0.1) is 6.61 Å². The van der Waals surface area contributed by atoms with E-state index in [0.717, 1.165) is 18.5 Å². The van der Waals surface area contributed by atoms with Crippen molar-refractivity contribution in [2.24, 2.45) is 5.73 Å². The molecule has 0 aliphatic rings. The fourth-order valence-electron chi connectivity index (χ4n) is 2.05. The van der Waals surface area contributed by atoms with Gasteiger partial charge in [0, 0.05) is 19.1 Å². The molecule has 0 bridgehead atoms. The van der Waals surface area contributed by atoms with Gasteiger partial charge >= 0.3 is 0 Å². The third-order valence-electron chi connectivity index (χ3n) is 2.80. The summed E-state index contributed by atoms with van der Waals surface area (Å²) in [6.45, 7) is 3.99. The Labute approximate surface area is 102 Å². The van der Waals surface area contributed by atoms with E-state index in [9.17, 15) is 4.39 Å². The maximum Gasteiger partial charge on any atom is 0.123 e. The predicted octanol–water partition coefficient (Wildman–Crippen LogP) is 1.53. The van der Waals surface area contributed by atoms with Crippen molar-refractivity contribution < 1.29 is 9.50 Å². The van der Waals surface area contributed by atoms with Crippen LogP contribution in [0.1, 0.15) is 24.9 Å². The highest BCUT2D eigenvalue weighted by Crippen LogP contribution is 2.20. The first-order valence-corrected chi connectivity index (χ1v) is 6.03. The van der Waals surface area contributed by atoms with Crippen molar-refractivity contribution in [2.75, 3.05) is 26.2 Å². The molecular formula is C13H21FN2O. The molecule has 0 heterocycles. The van der Waals surface area contributed by atoms with Crippen molar-refractivity contribution in [1.82, 2.24) is 4.90 Å². The molecule has 0 amide bonds. The van der Waals surface area contributed by atoms with Crippen LogP contribution in [-0.4, -0.2) is 36.2 Å². The second-order valence-electron chi connectivity index (χ2n) is 4.07. The lowest BCUT2D eigenvalue weighted by Gasteiger charge is -2.30. The highest BCUT2D eigenvalue weighted by atomic mass is 19.1. The maximum absolute atomic E-state index is 13.2. The van der Waals surface area contributed by atoms with E-state index in [0.29, 0.717) is 13.1 Å². The van der Waals surface area contributed by atoms with Crippen LogP contribution in [0.3, 0.4) is 0 Å². The van der Waals surface area contributed by atoms with Crippen molar-refractivity contribution >= 4 is 0 Å². The Morgan fingerprint density at radius 2 is 2.18 bits per heavy atom. The number of nitrogens with two attached hydrogens (primary N) is 1. The maximum atomic E-state index is 13.2. The average molecular weight is 240 g/mol. The van der Waals surface area contributed by atoms with Gasteiger partial charge in [0.25, 0.3) is 0 Å². The average Bonchev–Trinajstić information content (AvgIpc) is 2.31. The molecule has 1 unspecified atom stereocenters. The molecule has 1 aromatic rings. The summed E-state index contributed by atoms with van der Waals surface area (Å²) >= 11 is 0. The minimum absolute atomic E-state index is 0.0298. The number of halogens is 1. The van der Waals surface area contributed by atoms with Crippen molar-refractivity contribution in [3.05, 3.63) is 35.6 Å². The van der Waals surface area contributed by atoms with Crippen LogP contribution >= 0.6 is 0 Å². The normalized spacial score (nSPS) is 13.0. The lowest BCUT2D eigenvalue weighted by Crippen LogP contribution is -2.36. The molecule has 0 aliphatic carbocycles. The summed E-state index contributed by atoms with van der Waals surface area (Å²) in [5.41, 5.74) is 6.64. The quantitative estimate of drug-likeness (QED) is 0.760. The van der Waals surface area contributed by atoms with E-state index < -0.39 is 0 Å². The van der Waals surface area contributed by atoms with Crippen LogP contribution in [-0.2, 0) is 0 Å². The summed E-state index contributed by atoms with van der Waals surface area (Å²) in [4.78, 5) is 2.09. The molecule has 0 aliphatic heterocycles. The highest BCUT2D eigenvalue weighted by Gasteiger charge is 2.18. The van der Waals surface area contributed by atoms with E-state index in [1.54, 1.807) is 6.07 Å². The van der Waals surface area contributed by atoms with Crippen LogP contribution in [0, 0.1) is 5.82 Å². The summed E-state index contributed by atoms with van der Waals surface area (Å²) < 4.78 is 13.2. The van der Waals surface area contributed by atoms with Crippen LogP contribution in [0.4, 0.5) is 4.39 Å². The van der Waals surface area contributed by atoms with Gasteiger partial charge in [-0.1, -0.05) is 19.1 Å². The Hall–Kier alpha value is -0.970. The Morgan fingerprint density at radius 1 is 1.41 bits per heavy atom. The molecule has 4 heteroatoms. The van der Waals surface area contributed by atoms with E-state index in [4.69, 9.17) is 10.8 Å². The van der Waals surface area contributed by atoms with Gasteiger partial charge in [-0.3, -0.25) is 4.90 Å². The largest absolute Gasteiger partial charge is 0.395 e. The first-order chi connectivity index (χ1) is 8.22. The fourth-order valence-corrected chi connectivity index (χ4v) is 2.05. The zero-order valence-electron chi connectivity index (χ0n) is 10.3. The van der Waals surface area contributed by atoms with Crippen molar-refractivity contribution in [3.8, 4) is 0 Å². The van der Waals surface area contributed by atoms with Gasteiger partial charge in [-0.25, -0.2) is 4.39 Å². The van der Waals surface area contributed by atoms with E-state index in [-0.39, 0.29) is 18.5 Å². The molecule has 0 radical (unpaired) electrons. The van der Waals surface area contributed by atoms with Crippen LogP contribution in [0.5, 0.6) is 0 Å². The van der Waals surface area contributed by atoms with Crippen LogP contribution in [0.25, 0.3) is 0 Å². The topological polar surface area (TPSA) is 49.5 Å². The lowest BCUT2D eigenvalue weighted by atomic mass is 10.0. The number of aliphatic hydroxyl groups is 1. The molecule has 1 rings (SSSR count). The van der Waals surface area contributed by atoms with E-state index in [1.165, 1.54) is 12.1 Å². The van der Waals surface area contributed by atoms with Gasteiger partial charge in [-0.2, -0.15) is 0 Å².